The third-order valence-corrected chi connectivity index (χ3v) is 4.72. The van der Waals surface area contributed by atoms with Crippen LogP contribution in [0.5, 0.6) is 0 Å². The minimum atomic E-state index is -2.24. The minimum absolute atomic E-state index is 0.752. The first-order valence-electron chi connectivity index (χ1n) is 4.44. The van der Waals surface area contributed by atoms with Crippen LogP contribution in [0.2, 0.25) is 6.55 Å². The lowest BCUT2D eigenvalue weighted by atomic mass is 9.86. The molecule has 12 heavy (non-hydrogen) atoms. The molecule has 1 rings (SSSR count). The van der Waals surface area contributed by atoms with Crippen molar-refractivity contribution >= 4 is 8.80 Å². The second-order valence-electron chi connectivity index (χ2n) is 3.38. The molecule has 0 saturated heterocycles. The van der Waals surface area contributed by atoms with Crippen LogP contribution in [0.25, 0.3) is 0 Å². The van der Waals surface area contributed by atoms with E-state index in [1.54, 1.807) is 14.2 Å². The van der Waals surface area contributed by atoms with Gasteiger partial charge in [0.2, 0.25) is 0 Å². The Labute approximate surface area is 75.4 Å². The maximum atomic E-state index is 5.63. The van der Waals surface area contributed by atoms with Gasteiger partial charge < -0.3 is 13.3 Å². The summed E-state index contributed by atoms with van der Waals surface area (Å²) in [5.41, 5.74) is 0. The molecule has 0 N–H and O–H groups in total. The van der Waals surface area contributed by atoms with Crippen LogP contribution in [0.1, 0.15) is 19.3 Å². The Balaban J connectivity index is 2.17. The first kappa shape index (κ1) is 10.2. The van der Waals surface area contributed by atoms with Crippen molar-refractivity contribution in [2.24, 2.45) is 5.92 Å². The quantitative estimate of drug-likeness (QED) is 0.617. The van der Waals surface area contributed by atoms with E-state index in [-0.39, 0.29) is 0 Å². The van der Waals surface area contributed by atoms with Gasteiger partial charge in [0.25, 0.3) is 0 Å². The Morgan fingerprint density at radius 2 is 1.83 bits per heavy atom. The summed E-state index contributed by atoms with van der Waals surface area (Å²) in [5, 5.41) is 0. The summed E-state index contributed by atoms with van der Waals surface area (Å²) in [6.07, 6.45) is 3.96. The molecule has 1 aliphatic rings. The van der Waals surface area contributed by atoms with Crippen molar-refractivity contribution in [2.75, 3.05) is 20.8 Å². The van der Waals surface area contributed by atoms with Gasteiger partial charge in [0.1, 0.15) is 0 Å². The van der Waals surface area contributed by atoms with E-state index in [0.29, 0.717) is 0 Å². The van der Waals surface area contributed by atoms with Crippen LogP contribution in [0.3, 0.4) is 0 Å². The molecule has 0 bridgehead atoms. The van der Waals surface area contributed by atoms with Gasteiger partial charge in [0.15, 0.2) is 0 Å². The van der Waals surface area contributed by atoms with E-state index in [9.17, 15) is 0 Å². The first-order valence-corrected chi connectivity index (χ1v) is 6.67. The van der Waals surface area contributed by atoms with Crippen molar-refractivity contribution in [1.29, 1.82) is 0 Å². The Bertz CT molecular complexity index is 132. The van der Waals surface area contributed by atoms with Crippen LogP contribution in [-0.4, -0.2) is 29.6 Å². The highest BCUT2D eigenvalue weighted by atomic mass is 28.4. The molecule has 0 spiro atoms. The number of rotatable bonds is 5. The van der Waals surface area contributed by atoms with Crippen LogP contribution < -0.4 is 0 Å². The van der Waals surface area contributed by atoms with Crippen LogP contribution >= 0.6 is 0 Å². The smallest absolute Gasteiger partial charge is 0.377 e. The molecule has 1 fully saturated rings. The van der Waals surface area contributed by atoms with E-state index in [2.05, 4.69) is 0 Å². The first-order chi connectivity index (χ1) is 5.70. The highest BCUT2D eigenvalue weighted by molar-refractivity contribution is 6.59. The van der Waals surface area contributed by atoms with Gasteiger partial charge >= 0.3 is 8.80 Å². The summed E-state index contributed by atoms with van der Waals surface area (Å²) in [6, 6.07) is 0. The summed E-state index contributed by atoms with van der Waals surface area (Å²) in [7, 11) is 1.06. The van der Waals surface area contributed by atoms with Gasteiger partial charge in [-0.1, -0.05) is 6.42 Å². The molecule has 0 amide bonds. The molecule has 3 nitrogen and oxygen atoms in total. The molecule has 72 valence electrons. The molecule has 0 atom stereocenters. The fourth-order valence-electron chi connectivity index (χ4n) is 1.13. The van der Waals surface area contributed by atoms with Crippen LogP contribution in [-0.2, 0) is 13.3 Å². The van der Waals surface area contributed by atoms with E-state index in [1.807, 2.05) is 6.55 Å². The molecule has 0 radical (unpaired) electrons. The molecule has 0 unspecified atom stereocenters. The van der Waals surface area contributed by atoms with E-state index < -0.39 is 8.80 Å². The predicted molar refractivity (Wildman–Crippen MR) is 48.9 cm³/mol. The van der Waals surface area contributed by atoms with Crippen molar-refractivity contribution < 1.29 is 13.3 Å². The maximum Gasteiger partial charge on any atom is 0.497 e. The average Bonchev–Trinajstić information content (AvgIpc) is 2.01. The fraction of sp³-hybridized carbons (Fsp3) is 1.00. The second-order valence-corrected chi connectivity index (χ2v) is 6.21. The summed E-state index contributed by atoms with van der Waals surface area (Å²) in [6.45, 7) is 2.73. The van der Waals surface area contributed by atoms with Crippen LogP contribution in [0.15, 0.2) is 0 Å². The third kappa shape index (κ3) is 2.55. The SMILES string of the molecule is CO[Si](C)(OC)OCC1CCC1. The molecule has 0 aromatic heterocycles. The minimum Gasteiger partial charge on any atom is -0.377 e. The van der Waals surface area contributed by atoms with Crippen molar-refractivity contribution in [3.8, 4) is 0 Å². The second kappa shape index (κ2) is 4.37. The summed E-state index contributed by atoms with van der Waals surface area (Å²) < 4.78 is 16.0. The molecule has 0 heterocycles. The lowest BCUT2D eigenvalue weighted by Gasteiger charge is -2.29. The van der Waals surface area contributed by atoms with Crippen LogP contribution in [0.4, 0.5) is 0 Å². The Hall–Kier alpha value is 0.0969. The van der Waals surface area contributed by atoms with E-state index >= 15 is 0 Å². The Morgan fingerprint density at radius 1 is 1.25 bits per heavy atom. The largest absolute Gasteiger partial charge is 0.497 e. The molecule has 1 aliphatic carbocycles. The molecule has 1 saturated carbocycles. The van der Waals surface area contributed by atoms with Gasteiger partial charge in [-0.3, -0.25) is 0 Å². The van der Waals surface area contributed by atoms with Gasteiger partial charge in [-0.2, -0.15) is 0 Å². The van der Waals surface area contributed by atoms with Crippen molar-refractivity contribution in [3.63, 3.8) is 0 Å². The Kier molecular flexibility index (Phi) is 3.70. The van der Waals surface area contributed by atoms with Gasteiger partial charge in [-0.05, 0) is 18.8 Å². The zero-order valence-electron chi connectivity index (χ0n) is 8.13. The predicted octanol–water partition coefficient (Wildman–Crippen LogP) is 1.66. The topological polar surface area (TPSA) is 27.7 Å². The number of hydrogen-bond donors (Lipinski definition) is 0. The van der Waals surface area contributed by atoms with E-state index in [4.69, 9.17) is 13.3 Å². The molecular weight excluding hydrogens is 172 g/mol. The molecular formula is C8H18O3Si. The summed E-state index contributed by atoms with van der Waals surface area (Å²) >= 11 is 0. The molecule has 0 aromatic carbocycles. The van der Waals surface area contributed by atoms with Gasteiger partial charge in [-0.15, -0.1) is 0 Å². The van der Waals surface area contributed by atoms with Gasteiger partial charge in [-0.25, -0.2) is 0 Å². The Morgan fingerprint density at radius 3 is 2.17 bits per heavy atom. The maximum absolute atomic E-state index is 5.63. The average molecular weight is 190 g/mol. The van der Waals surface area contributed by atoms with Gasteiger partial charge in [0.05, 0.1) is 0 Å². The molecule has 0 aliphatic heterocycles. The summed E-state index contributed by atoms with van der Waals surface area (Å²) in [5.74, 6) is 0.752. The standard InChI is InChI=1S/C8H18O3Si/c1-9-12(3,10-2)11-7-8-5-4-6-8/h8H,4-7H2,1-3H3. The lowest BCUT2D eigenvalue weighted by Crippen LogP contribution is -2.42. The fourth-order valence-corrected chi connectivity index (χ4v) is 2.07. The summed E-state index contributed by atoms with van der Waals surface area (Å²) in [4.78, 5) is 0. The highest BCUT2D eigenvalue weighted by Crippen LogP contribution is 2.27. The van der Waals surface area contributed by atoms with Crippen molar-refractivity contribution in [2.45, 2.75) is 25.8 Å². The number of hydrogen-bond acceptors (Lipinski definition) is 3. The van der Waals surface area contributed by atoms with Crippen molar-refractivity contribution in [1.82, 2.24) is 0 Å². The normalized spacial score (nSPS) is 19.2. The van der Waals surface area contributed by atoms with Gasteiger partial charge in [0, 0.05) is 27.4 Å². The highest BCUT2D eigenvalue weighted by Gasteiger charge is 2.33. The monoisotopic (exact) mass is 190 g/mol. The van der Waals surface area contributed by atoms with Crippen LogP contribution in [0, 0.1) is 5.92 Å². The van der Waals surface area contributed by atoms with E-state index in [0.717, 1.165) is 12.5 Å². The molecule has 0 aromatic rings. The van der Waals surface area contributed by atoms with Crippen molar-refractivity contribution in [3.05, 3.63) is 0 Å². The third-order valence-electron chi connectivity index (χ3n) is 2.55. The zero-order chi connectivity index (χ0) is 9.03. The lowest BCUT2D eigenvalue weighted by molar-refractivity contribution is 0.0712. The molecule has 4 heteroatoms. The van der Waals surface area contributed by atoms with E-state index in [1.165, 1.54) is 19.3 Å². The zero-order valence-corrected chi connectivity index (χ0v) is 9.13.